The Balaban J connectivity index is 0. The monoisotopic (exact) mass is 223 g/mol. The van der Waals surface area contributed by atoms with Gasteiger partial charge in [0.25, 0.3) is 6.47 Å². The summed E-state index contributed by atoms with van der Waals surface area (Å²) in [6.07, 6.45) is 5.09. The Hall–Kier alpha value is -0.280. The van der Waals surface area contributed by atoms with Crippen LogP contribution < -0.4 is 5.73 Å². The first-order chi connectivity index (χ1) is 6.02. The molecule has 0 atom stereocenters. The fourth-order valence-electron chi connectivity index (χ4n) is 1.42. The second kappa shape index (κ2) is 8.06. The summed E-state index contributed by atoms with van der Waals surface area (Å²) in [4.78, 5) is 8.95. The van der Waals surface area contributed by atoms with E-state index in [-0.39, 0.29) is 12.4 Å². The van der Waals surface area contributed by atoms with Crippen molar-refractivity contribution in [3.8, 4) is 0 Å². The van der Waals surface area contributed by atoms with Gasteiger partial charge in [0.2, 0.25) is 0 Å². The molecule has 4 heteroatoms. The predicted molar refractivity (Wildman–Crippen MR) is 60.5 cm³/mol. The molecule has 0 heterocycles. The van der Waals surface area contributed by atoms with E-state index < -0.39 is 0 Å². The minimum atomic E-state index is 0. The van der Waals surface area contributed by atoms with Crippen LogP contribution in [0.15, 0.2) is 0 Å². The van der Waals surface area contributed by atoms with Gasteiger partial charge >= 0.3 is 0 Å². The largest absolute Gasteiger partial charge is 0.471 e. The first kappa shape index (κ1) is 16.2. The summed E-state index contributed by atoms with van der Waals surface area (Å²) < 4.78 is 3.86. The summed E-state index contributed by atoms with van der Waals surface area (Å²) in [5.74, 6) is 0. The van der Waals surface area contributed by atoms with Crippen molar-refractivity contribution in [2.45, 2.75) is 45.6 Å². The summed E-state index contributed by atoms with van der Waals surface area (Å²) in [5.41, 5.74) is 6.34. The van der Waals surface area contributed by atoms with E-state index in [4.69, 9.17) is 10.5 Å². The van der Waals surface area contributed by atoms with Gasteiger partial charge in [0.05, 0.1) is 7.11 Å². The number of carbonyl (C=O) groups excluding carboxylic acids is 1. The van der Waals surface area contributed by atoms with Gasteiger partial charge in [-0.1, -0.05) is 13.8 Å². The van der Waals surface area contributed by atoms with E-state index in [0.29, 0.717) is 17.9 Å². The summed E-state index contributed by atoms with van der Waals surface area (Å²) in [7, 11) is 1.31. The first-order valence-electron chi connectivity index (χ1n) is 4.74. The lowest BCUT2D eigenvalue weighted by molar-refractivity contribution is -0.126. The molecule has 1 fully saturated rings. The van der Waals surface area contributed by atoms with Gasteiger partial charge in [-0.25, -0.2) is 0 Å². The van der Waals surface area contributed by atoms with Gasteiger partial charge < -0.3 is 10.5 Å². The number of rotatable bonds is 1. The molecule has 0 aromatic rings. The molecular formula is C10H22ClNO2. The van der Waals surface area contributed by atoms with Crippen LogP contribution in [-0.2, 0) is 9.53 Å². The minimum absolute atomic E-state index is 0. The molecule has 3 nitrogen and oxygen atoms in total. The lowest BCUT2D eigenvalue weighted by Crippen LogP contribution is -2.30. The molecule has 1 saturated carbocycles. The van der Waals surface area contributed by atoms with Gasteiger partial charge in [0, 0.05) is 6.04 Å². The SMILES string of the molecule is CC1(C)CCC(N)CC1.COC=O.Cl. The van der Waals surface area contributed by atoms with Crippen LogP contribution in [0.2, 0.25) is 0 Å². The Bertz CT molecular complexity index is 141. The number of ether oxygens (including phenoxy) is 1. The van der Waals surface area contributed by atoms with Gasteiger partial charge in [-0.15, -0.1) is 12.4 Å². The van der Waals surface area contributed by atoms with Gasteiger partial charge in [-0.3, -0.25) is 4.79 Å². The van der Waals surface area contributed by atoms with Crippen LogP contribution in [0.1, 0.15) is 39.5 Å². The Labute approximate surface area is 92.8 Å². The van der Waals surface area contributed by atoms with Crippen LogP contribution in [0.3, 0.4) is 0 Å². The van der Waals surface area contributed by atoms with Gasteiger partial charge in [-0.2, -0.15) is 0 Å². The maximum Gasteiger partial charge on any atom is 0.292 e. The Morgan fingerprint density at radius 3 is 1.93 bits per heavy atom. The molecule has 14 heavy (non-hydrogen) atoms. The van der Waals surface area contributed by atoms with Crippen LogP contribution in [0.5, 0.6) is 0 Å². The van der Waals surface area contributed by atoms with Crippen LogP contribution in [0.4, 0.5) is 0 Å². The molecule has 0 aromatic carbocycles. The highest BCUT2D eigenvalue weighted by Gasteiger charge is 2.24. The highest BCUT2D eigenvalue weighted by atomic mass is 35.5. The summed E-state index contributed by atoms with van der Waals surface area (Å²) in [6, 6.07) is 0.498. The molecule has 1 rings (SSSR count). The third kappa shape index (κ3) is 8.32. The topological polar surface area (TPSA) is 52.3 Å². The third-order valence-electron chi connectivity index (χ3n) is 2.48. The van der Waals surface area contributed by atoms with Crippen molar-refractivity contribution in [2.24, 2.45) is 11.1 Å². The van der Waals surface area contributed by atoms with Crippen molar-refractivity contribution in [2.75, 3.05) is 7.11 Å². The Kier molecular flexibility index (Phi) is 9.31. The minimum Gasteiger partial charge on any atom is -0.471 e. The first-order valence-corrected chi connectivity index (χ1v) is 4.74. The maximum absolute atomic E-state index is 8.95. The van der Waals surface area contributed by atoms with Crippen LogP contribution in [-0.4, -0.2) is 19.6 Å². The Morgan fingerprint density at radius 2 is 1.71 bits per heavy atom. The standard InChI is InChI=1S/C8H17N.C2H4O2.ClH/c1-8(2)5-3-7(9)4-6-8;1-4-2-3;/h7H,3-6,9H2,1-2H3;2H,1H3;1H. The zero-order chi connectivity index (χ0) is 10.3. The van der Waals surface area contributed by atoms with E-state index in [1.807, 2.05) is 0 Å². The molecule has 2 N–H and O–H groups in total. The summed E-state index contributed by atoms with van der Waals surface area (Å²) >= 11 is 0. The van der Waals surface area contributed by atoms with E-state index in [1.165, 1.54) is 32.8 Å². The molecule has 0 amide bonds. The molecule has 0 saturated heterocycles. The number of hydrogen-bond donors (Lipinski definition) is 1. The zero-order valence-electron chi connectivity index (χ0n) is 9.29. The van der Waals surface area contributed by atoms with Gasteiger partial charge in [0.15, 0.2) is 0 Å². The van der Waals surface area contributed by atoms with Crippen molar-refractivity contribution < 1.29 is 9.53 Å². The molecule has 0 bridgehead atoms. The third-order valence-corrected chi connectivity index (χ3v) is 2.48. The van der Waals surface area contributed by atoms with Crippen molar-refractivity contribution >= 4 is 18.9 Å². The highest BCUT2D eigenvalue weighted by Crippen LogP contribution is 2.34. The van der Waals surface area contributed by atoms with Gasteiger partial charge in [-0.05, 0) is 31.1 Å². The number of nitrogens with two attached hydrogens (primary N) is 1. The molecule has 0 spiro atoms. The average Bonchev–Trinajstić information content (AvgIpc) is 2.11. The van der Waals surface area contributed by atoms with E-state index in [1.54, 1.807) is 0 Å². The van der Waals surface area contributed by atoms with Crippen molar-refractivity contribution in [3.05, 3.63) is 0 Å². The lowest BCUT2D eigenvalue weighted by atomic mass is 9.76. The maximum atomic E-state index is 8.95. The van der Waals surface area contributed by atoms with Crippen LogP contribution in [0, 0.1) is 5.41 Å². The molecule has 1 aliphatic carbocycles. The van der Waals surface area contributed by atoms with Gasteiger partial charge in [0.1, 0.15) is 0 Å². The molecule has 0 unspecified atom stereocenters. The van der Waals surface area contributed by atoms with Crippen molar-refractivity contribution in [1.82, 2.24) is 0 Å². The molecule has 0 radical (unpaired) electrons. The number of methoxy groups -OCH3 is 1. The molecule has 0 aromatic heterocycles. The molecular weight excluding hydrogens is 202 g/mol. The molecule has 0 aliphatic heterocycles. The zero-order valence-corrected chi connectivity index (χ0v) is 10.1. The number of halogens is 1. The number of hydrogen-bond acceptors (Lipinski definition) is 3. The summed E-state index contributed by atoms with van der Waals surface area (Å²) in [5, 5.41) is 0. The molecule has 86 valence electrons. The predicted octanol–water partition coefficient (Wildman–Crippen LogP) is 2.12. The lowest BCUT2D eigenvalue weighted by Gasteiger charge is -2.32. The van der Waals surface area contributed by atoms with Crippen molar-refractivity contribution in [3.63, 3.8) is 0 Å². The fraction of sp³-hybridized carbons (Fsp3) is 0.900. The van der Waals surface area contributed by atoms with Crippen LogP contribution >= 0.6 is 12.4 Å². The highest BCUT2D eigenvalue weighted by molar-refractivity contribution is 5.85. The van der Waals surface area contributed by atoms with E-state index >= 15 is 0 Å². The quantitative estimate of drug-likeness (QED) is 0.693. The molecule has 1 aliphatic rings. The second-order valence-corrected chi connectivity index (χ2v) is 4.33. The normalized spacial score (nSPS) is 19.7. The van der Waals surface area contributed by atoms with E-state index in [0.717, 1.165) is 0 Å². The van der Waals surface area contributed by atoms with Crippen LogP contribution in [0.25, 0.3) is 0 Å². The second-order valence-electron chi connectivity index (χ2n) is 4.33. The van der Waals surface area contributed by atoms with E-state index in [9.17, 15) is 0 Å². The fourth-order valence-corrected chi connectivity index (χ4v) is 1.42. The smallest absolute Gasteiger partial charge is 0.292 e. The van der Waals surface area contributed by atoms with Crippen molar-refractivity contribution in [1.29, 1.82) is 0 Å². The Morgan fingerprint density at radius 1 is 1.36 bits per heavy atom. The average molecular weight is 224 g/mol. The summed E-state index contributed by atoms with van der Waals surface area (Å²) in [6.45, 7) is 5.04. The van der Waals surface area contributed by atoms with E-state index in [2.05, 4.69) is 18.6 Å². The number of carbonyl (C=O) groups is 1.